The van der Waals surface area contributed by atoms with Gasteiger partial charge in [-0.3, -0.25) is 9.69 Å². The molecule has 3 heterocycles. The Balaban J connectivity index is 1.28. The highest BCUT2D eigenvalue weighted by molar-refractivity contribution is 5.94. The maximum atomic E-state index is 13.0. The molecule has 1 amide bonds. The number of fused-ring (bicyclic) bond motifs is 1. The standard InChI is InChI=1S/C26H32N4O/c1-2-14-30-24-8-4-3-7-23(24)27-25(30)18-20-9-11-21(12-10-20)26(31)29-17-13-22(19-29)28-15-5-6-16-28/h3-4,7-12,22H,2,5-6,13-19H2,1H3/t22-/m0/s1. The van der Waals surface area contributed by atoms with E-state index in [-0.39, 0.29) is 5.91 Å². The molecule has 0 aliphatic carbocycles. The average molecular weight is 417 g/mol. The molecular formula is C26H32N4O. The molecule has 2 aliphatic heterocycles. The molecule has 5 rings (SSSR count). The van der Waals surface area contributed by atoms with Crippen LogP contribution in [0.15, 0.2) is 48.5 Å². The minimum Gasteiger partial charge on any atom is -0.337 e. The predicted octanol–water partition coefficient (Wildman–Crippen LogP) is 4.35. The Morgan fingerprint density at radius 3 is 2.58 bits per heavy atom. The van der Waals surface area contributed by atoms with Gasteiger partial charge in [0.05, 0.1) is 11.0 Å². The van der Waals surface area contributed by atoms with Crippen LogP contribution in [0.2, 0.25) is 0 Å². The van der Waals surface area contributed by atoms with E-state index in [4.69, 9.17) is 4.98 Å². The molecule has 2 fully saturated rings. The summed E-state index contributed by atoms with van der Waals surface area (Å²) in [5.41, 5.74) is 4.25. The molecular weight excluding hydrogens is 384 g/mol. The van der Waals surface area contributed by atoms with Crippen molar-refractivity contribution in [3.63, 3.8) is 0 Å². The highest BCUT2D eigenvalue weighted by Gasteiger charge is 2.31. The fourth-order valence-corrected chi connectivity index (χ4v) is 5.19. The van der Waals surface area contributed by atoms with E-state index in [2.05, 4.69) is 46.7 Å². The number of carbonyl (C=O) groups excluding carboxylic acids is 1. The summed E-state index contributed by atoms with van der Waals surface area (Å²) < 4.78 is 2.33. The summed E-state index contributed by atoms with van der Waals surface area (Å²) in [7, 11) is 0. The van der Waals surface area contributed by atoms with Crippen molar-refractivity contribution in [2.75, 3.05) is 26.2 Å². The van der Waals surface area contributed by atoms with Gasteiger partial charge in [-0.15, -0.1) is 0 Å². The Hall–Kier alpha value is -2.66. The summed E-state index contributed by atoms with van der Waals surface area (Å²) >= 11 is 0. The first-order chi connectivity index (χ1) is 15.2. The molecule has 0 N–H and O–H groups in total. The number of para-hydroxylation sites is 2. The van der Waals surface area contributed by atoms with Gasteiger partial charge in [0.2, 0.25) is 0 Å². The zero-order chi connectivity index (χ0) is 21.2. The van der Waals surface area contributed by atoms with Crippen LogP contribution in [-0.4, -0.2) is 57.5 Å². The van der Waals surface area contributed by atoms with E-state index in [0.29, 0.717) is 6.04 Å². The zero-order valence-corrected chi connectivity index (χ0v) is 18.5. The molecule has 1 atom stereocenters. The Kier molecular flexibility index (Phi) is 5.77. The second-order valence-electron chi connectivity index (χ2n) is 8.98. The van der Waals surface area contributed by atoms with Gasteiger partial charge in [0.1, 0.15) is 5.82 Å². The maximum Gasteiger partial charge on any atom is 0.253 e. The molecule has 0 radical (unpaired) electrons. The van der Waals surface area contributed by atoms with Crippen LogP contribution in [0.25, 0.3) is 11.0 Å². The van der Waals surface area contributed by atoms with Crippen LogP contribution < -0.4 is 0 Å². The summed E-state index contributed by atoms with van der Waals surface area (Å²) in [4.78, 5) is 22.5. The molecule has 3 aromatic rings. The fourth-order valence-electron chi connectivity index (χ4n) is 5.19. The molecule has 5 nitrogen and oxygen atoms in total. The number of rotatable bonds is 6. The number of hydrogen-bond acceptors (Lipinski definition) is 3. The molecule has 2 saturated heterocycles. The Morgan fingerprint density at radius 2 is 1.81 bits per heavy atom. The fraction of sp³-hybridized carbons (Fsp3) is 0.462. The molecule has 31 heavy (non-hydrogen) atoms. The topological polar surface area (TPSA) is 41.4 Å². The number of aromatic nitrogens is 2. The Bertz CT molecular complexity index is 1050. The average Bonchev–Trinajstić information content (AvgIpc) is 3.55. The number of nitrogens with zero attached hydrogens (tertiary/aromatic N) is 4. The van der Waals surface area contributed by atoms with Gasteiger partial charge in [0.15, 0.2) is 0 Å². The summed E-state index contributed by atoms with van der Waals surface area (Å²) in [6.45, 7) is 7.32. The van der Waals surface area contributed by atoms with E-state index < -0.39 is 0 Å². The van der Waals surface area contributed by atoms with Gasteiger partial charge >= 0.3 is 0 Å². The second kappa shape index (κ2) is 8.83. The third-order valence-electron chi connectivity index (χ3n) is 6.85. The van der Waals surface area contributed by atoms with Crippen molar-refractivity contribution in [1.82, 2.24) is 19.4 Å². The number of likely N-dealkylation sites (tertiary alicyclic amines) is 2. The highest BCUT2D eigenvalue weighted by atomic mass is 16.2. The minimum atomic E-state index is 0.173. The number of imidazole rings is 1. The molecule has 0 spiro atoms. The number of carbonyl (C=O) groups is 1. The molecule has 0 saturated carbocycles. The van der Waals surface area contributed by atoms with Gasteiger partial charge in [0, 0.05) is 37.7 Å². The van der Waals surface area contributed by atoms with Gasteiger partial charge in [0.25, 0.3) is 5.91 Å². The van der Waals surface area contributed by atoms with E-state index in [1.54, 1.807) is 0 Å². The predicted molar refractivity (Wildman–Crippen MR) is 124 cm³/mol. The first kappa shape index (κ1) is 20.3. The largest absolute Gasteiger partial charge is 0.337 e. The minimum absolute atomic E-state index is 0.173. The molecule has 5 heteroatoms. The van der Waals surface area contributed by atoms with E-state index in [0.717, 1.165) is 55.8 Å². The van der Waals surface area contributed by atoms with Gasteiger partial charge in [-0.1, -0.05) is 31.2 Å². The SMILES string of the molecule is CCCn1c(Cc2ccc(C(=O)N3CC[C@H](N4CCCC4)C3)cc2)nc2ccccc21. The van der Waals surface area contributed by atoms with Crippen molar-refractivity contribution < 1.29 is 4.79 Å². The first-order valence-corrected chi connectivity index (χ1v) is 11.8. The van der Waals surface area contributed by atoms with Crippen LogP contribution >= 0.6 is 0 Å². The lowest BCUT2D eigenvalue weighted by atomic mass is 10.1. The Morgan fingerprint density at radius 1 is 1.03 bits per heavy atom. The van der Waals surface area contributed by atoms with Crippen molar-refractivity contribution >= 4 is 16.9 Å². The van der Waals surface area contributed by atoms with Gasteiger partial charge in [-0.05, 0) is 68.6 Å². The molecule has 0 unspecified atom stereocenters. The molecule has 1 aromatic heterocycles. The van der Waals surface area contributed by atoms with E-state index >= 15 is 0 Å². The third-order valence-corrected chi connectivity index (χ3v) is 6.85. The van der Waals surface area contributed by atoms with Crippen LogP contribution in [0.5, 0.6) is 0 Å². The highest BCUT2D eigenvalue weighted by Crippen LogP contribution is 2.23. The lowest BCUT2D eigenvalue weighted by Gasteiger charge is -2.23. The molecule has 2 aliphatic rings. The van der Waals surface area contributed by atoms with Gasteiger partial charge < -0.3 is 9.47 Å². The maximum absolute atomic E-state index is 13.0. The Labute approximate surface area is 184 Å². The van der Waals surface area contributed by atoms with E-state index in [1.165, 1.54) is 37.0 Å². The number of aryl methyl sites for hydroxylation is 1. The van der Waals surface area contributed by atoms with Crippen molar-refractivity contribution in [2.45, 2.75) is 51.6 Å². The zero-order valence-electron chi connectivity index (χ0n) is 18.5. The van der Waals surface area contributed by atoms with Crippen LogP contribution in [0.1, 0.15) is 54.4 Å². The monoisotopic (exact) mass is 416 g/mol. The van der Waals surface area contributed by atoms with Crippen molar-refractivity contribution in [2.24, 2.45) is 0 Å². The number of hydrogen-bond donors (Lipinski definition) is 0. The summed E-state index contributed by atoms with van der Waals surface area (Å²) in [6, 6.07) is 17.1. The van der Waals surface area contributed by atoms with E-state index in [1.807, 2.05) is 23.1 Å². The summed E-state index contributed by atoms with van der Waals surface area (Å²) in [5.74, 6) is 1.27. The third kappa shape index (κ3) is 4.11. The van der Waals surface area contributed by atoms with Crippen molar-refractivity contribution in [3.05, 3.63) is 65.5 Å². The lowest BCUT2D eigenvalue weighted by molar-refractivity contribution is 0.0780. The number of benzene rings is 2. The van der Waals surface area contributed by atoms with Gasteiger partial charge in [-0.2, -0.15) is 0 Å². The smallest absolute Gasteiger partial charge is 0.253 e. The van der Waals surface area contributed by atoms with Gasteiger partial charge in [-0.25, -0.2) is 4.98 Å². The molecule has 0 bridgehead atoms. The number of amides is 1. The first-order valence-electron chi connectivity index (χ1n) is 11.8. The van der Waals surface area contributed by atoms with Crippen molar-refractivity contribution in [3.8, 4) is 0 Å². The van der Waals surface area contributed by atoms with Crippen LogP contribution in [0, 0.1) is 0 Å². The summed E-state index contributed by atoms with van der Waals surface area (Å²) in [5, 5.41) is 0. The molecule has 2 aromatic carbocycles. The lowest BCUT2D eigenvalue weighted by Crippen LogP contribution is -2.37. The molecule has 162 valence electrons. The van der Waals surface area contributed by atoms with Crippen molar-refractivity contribution in [1.29, 1.82) is 0 Å². The normalized spacial score (nSPS) is 19.5. The van der Waals surface area contributed by atoms with Crippen LogP contribution in [-0.2, 0) is 13.0 Å². The second-order valence-corrected chi connectivity index (χ2v) is 8.98. The summed E-state index contributed by atoms with van der Waals surface area (Å²) in [6.07, 6.45) is 5.58. The quantitative estimate of drug-likeness (QED) is 0.600. The van der Waals surface area contributed by atoms with Crippen LogP contribution in [0.3, 0.4) is 0 Å². The van der Waals surface area contributed by atoms with E-state index in [9.17, 15) is 4.79 Å². The van der Waals surface area contributed by atoms with Crippen LogP contribution in [0.4, 0.5) is 0 Å².